The average molecular weight is 198 g/mol. The average Bonchev–Trinajstić information content (AvgIpc) is 2.10. The summed E-state index contributed by atoms with van der Waals surface area (Å²) in [6.45, 7) is 9.36. The fourth-order valence-electron chi connectivity index (χ4n) is 2.31. The molecule has 0 aromatic rings. The van der Waals surface area contributed by atoms with E-state index in [9.17, 15) is 0 Å². The number of nitrogens with two attached hydrogens (primary N) is 1. The molecule has 14 heavy (non-hydrogen) atoms. The highest BCUT2D eigenvalue weighted by atomic mass is 15.2. The van der Waals surface area contributed by atoms with Crippen LogP contribution in [0.4, 0.5) is 0 Å². The fraction of sp³-hybridized carbons (Fsp3) is 1.00. The van der Waals surface area contributed by atoms with Crippen molar-refractivity contribution < 1.29 is 0 Å². The second-order valence-electron chi connectivity index (χ2n) is 5.15. The monoisotopic (exact) mass is 198 g/mol. The van der Waals surface area contributed by atoms with Crippen molar-refractivity contribution in [2.75, 3.05) is 13.1 Å². The molecule has 0 saturated carbocycles. The van der Waals surface area contributed by atoms with Crippen molar-refractivity contribution >= 4 is 0 Å². The van der Waals surface area contributed by atoms with Crippen LogP contribution in [0.15, 0.2) is 0 Å². The van der Waals surface area contributed by atoms with Crippen LogP contribution in [0.2, 0.25) is 0 Å². The molecule has 0 aromatic carbocycles. The van der Waals surface area contributed by atoms with Crippen molar-refractivity contribution in [3.63, 3.8) is 0 Å². The Hall–Kier alpha value is -0.0800. The predicted octanol–water partition coefficient (Wildman–Crippen LogP) is 2.23. The lowest BCUT2D eigenvalue weighted by Crippen LogP contribution is -2.41. The lowest BCUT2D eigenvalue weighted by atomic mass is 9.95. The van der Waals surface area contributed by atoms with Crippen LogP contribution in [0.25, 0.3) is 0 Å². The summed E-state index contributed by atoms with van der Waals surface area (Å²) in [5, 5.41) is 0. The SMILES string of the molecule is CC(N)CCCN1CC(C)CCC1C. The fourth-order valence-corrected chi connectivity index (χ4v) is 2.31. The molecular weight excluding hydrogens is 172 g/mol. The highest BCUT2D eigenvalue weighted by Gasteiger charge is 2.21. The van der Waals surface area contributed by atoms with Gasteiger partial charge in [0.2, 0.25) is 0 Å². The molecular formula is C12H26N2. The van der Waals surface area contributed by atoms with Gasteiger partial charge in [-0.05, 0) is 52.0 Å². The molecule has 1 aliphatic heterocycles. The Balaban J connectivity index is 2.20. The molecule has 1 heterocycles. The van der Waals surface area contributed by atoms with Crippen LogP contribution < -0.4 is 5.73 Å². The molecule has 3 atom stereocenters. The third-order valence-corrected chi connectivity index (χ3v) is 3.35. The van der Waals surface area contributed by atoms with E-state index in [1.54, 1.807) is 0 Å². The van der Waals surface area contributed by atoms with Crippen molar-refractivity contribution in [2.45, 2.75) is 58.5 Å². The van der Waals surface area contributed by atoms with E-state index in [0.29, 0.717) is 6.04 Å². The van der Waals surface area contributed by atoms with Crippen molar-refractivity contribution in [2.24, 2.45) is 11.7 Å². The van der Waals surface area contributed by atoms with Gasteiger partial charge in [-0.15, -0.1) is 0 Å². The summed E-state index contributed by atoms with van der Waals surface area (Å²) in [7, 11) is 0. The van der Waals surface area contributed by atoms with E-state index in [4.69, 9.17) is 5.73 Å². The summed E-state index contributed by atoms with van der Waals surface area (Å²) in [4.78, 5) is 2.64. The molecule has 0 bridgehead atoms. The van der Waals surface area contributed by atoms with E-state index in [2.05, 4.69) is 25.7 Å². The van der Waals surface area contributed by atoms with Gasteiger partial charge in [0.15, 0.2) is 0 Å². The van der Waals surface area contributed by atoms with Gasteiger partial charge in [-0.3, -0.25) is 0 Å². The molecule has 0 radical (unpaired) electrons. The van der Waals surface area contributed by atoms with Gasteiger partial charge >= 0.3 is 0 Å². The predicted molar refractivity (Wildman–Crippen MR) is 62.3 cm³/mol. The molecule has 2 nitrogen and oxygen atoms in total. The Morgan fingerprint density at radius 2 is 2.07 bits per heavy atom. The molecule has 0 aromatic heterocycles. The van der Waals surface area contributed by atoms with Gasteiger partial charge < -0.3 is 10.6 Å². The third kappa shape index (κ3) is 3.97. The highest BCUT2D eigenvalue weighted by molar-refractivity contribution is 4.76. The van der Waals surface area contributed by atoms with Crippen molar-refractivity contribution in [3.05, 3.63) is 0 Å². The van der Waals surface area contributed by atoms with Gasteiger partial charge in [0.1, 0.15) is 0 Å². The van der Waals surface area contributed by atoms with Gasteiger partial charge in [-0.25, -0.2) is 0 Å². The molecule has 1 aliphatic rings. The van der Waals surface area contributed by atoms with Crippen LogP contribution in [-0.2, 0) is 0 Å². The van der Waals surface area contributed by atoms with Crippen molar-refractivity contribution in [1.82, 2.24) is 4.90 Å². The largest absolute Gasteiger partial charge is 0.328 e. The third-order valence-electron chi connectivity index (χ3n) is 3.35. The summed E-state index contributed by atoms with van der Waals surface area (Å²) >= 11 is 0. The van der Waals surface area contributed by atoms with Crippen LogP contribution in [0.3, 0.4) is 0 Å². The van der Waals surface area contributed by atoms with E-state index < -0.39 is 0 Å². The molecule has 1 saturated heterocycles. The number of hydrogen-bond acceptors (Lipinski definition) is 2. The minimum Gasteiger partial charge on any atom is -0.328 e. The van der Waals surface area contributed by atoms with Crippen molar-refractivity contribution in [1.29, 1.82) is 0 Å². The molecule has 1 rings (SSSR count). The molecule has 84 valence electrons. The van der Waals surface area contributed by atoms with E-state index in [1.165, 1.54) is 32.4 Å². The summed E-state index contributed by atoms with van der Waals surface area (Å²) in [6, 6.07) is 1.16. The molecule has 3 unspecified atom stereocenters. The Morgan fingerprint density at radius 1 is 1.36 bits per heavy atom. The maximum Gasteiger partial charge on any atom is 0.00671 e. The van der Waals surface area contributed by atoms with E-state index in [1.807, 2.05) is 0 Å². The first kappa shape index (κ1) is 12.0. The maximum absolute atomic E-state index is 5.75. The van der Waals surface area contributed by atoms with Crippen LogP contribution >= 0.6 is 0 Å². The van der Waals surface area contributed by atoms with Gasteiger partial charge in [0.05, 0.1) is 0 Å². The Bertz CT molecular complexity index is 156. The lowest BCUT2D eigenvalue weighted by molar-refractivity contribution is 0.122. The molecule has 0 amide bonds. The minimum absolute atomic E-state index is 0.368. The molecule has 0 spiro atoms. The zero-order valence-corrected chi connectivity index (χ0v) is 10.00. The van der Waals surface area contributed by atoms with E-state index >= 15 is 0 Å². The van der Waals surface area contributed by atoms with Gasteiger partial charge in [0.25, 0.3) is 0 Å². The zero-order valence-electron chi connectivity index (χ0n) is 10.00. The van der Waals surface area contributed by atoms with Crippen LogP contribution in [0.1, 0.15) is 46.5 Å². The topological polar surface area (TPSA) is 29.3 Å². The maximum atomic E-state index is 5.75. The summed E-state index contributed by atoms with van der Waals surface area (Å²) in [5.74, 6) is 0.890. The second kappa shape index (κ2) is 5.72. The first-order valence-corrected chi connectivity index (χ1v) is 6.09. The molecule has 1 fully saturated rings. The summed E-state index contributed by atoms with van der Waals surface area (Å²) < 4.78 is 0. The Labute approximate surface area is 88.8 Å². The number of hydrogen-bond donors (Lipinski definition) is 1. The van der Waals surface area contributed by atoms with E-state index in [-0.39, 0.29) is 0 Å². The van der Waals surface area contributed by atoms with Gasteiger partial charge in [-0.2, -0.15) is 0 Å². The first-order chi connectivity index (χ1) is 6.59. The Kier molecular flexibility index (Phi) is 4.90. The molecule has 0 aliphatic carbocycles. The molecule has 2 heteroatoms. The number of nitrogens with zero attached hydrogens (tertiary/aromatic N) is 1. The van der Waals surface area contributed by atoms with Gasteiger partial charge in [-0.1, -0.05) is 6.92 Å². The quantitative estimate of drug-likeness (QED) is 0.750. The van der Waals surface area contributed by atoms with Crippen LogP contribution in [-0.4, -0.2) is 30.1 Å². The Morgan fingerprint density at radius 3 is 2.71 bits per heavy atom. The minimum atomic E-state index is 0.368. The number of rotatable bonds is 4. The summed E-state index contributed by atoms with van der Waals surface area (Å²) in [6.07, 6.45) is 5.20. The van der Waals surface area contributed by atoms with Crippen LogP contribution in [0, 0.1) is 5.92 Å². The van der Waals surface area contributed by atoms with Gasteiger partial charge in [0, 0.05) is 18.6 Å². The zero-order chi connectivity index (χ0) is 10.6. The second-order valence-corrected chi connectivity index (χ2v) is 5.15. The smallest absolute Gasteiger partial charge is 0.00671 e. The van der Waals surface area contributed by atoms with E-state index in [0.717, 1.165) is 18.4 Å². The normalized spacial score (nSPS) is 31.7. The number of likely N-dealkylation sites (tertiary alicyclic amines) is 1. The number of piperidine rings is 1. The summed E-state index contributed by atoms with van der Waals surface area (Å²) in [5.41, 5.74) is 5.75. The highest BCUT2D eigenvalue weighted by Crippen LogP contribution is 2.21. The standard InChI is InChI=1S/C12H26N2/c1-10-6-7-12(3)14(9-10)8-4-5-11(2)13/h10-12H,4-9,13H2,1-3H3. The molecule has 2 N–H and O–H groups in total. The van der Waals surface area contributed by atoms with Crippen molar-refractivity contribution in [3.8, 4) is 0 Å². The van der Waals surface area contributed by atoms with Crippen LogP contribution in [0.5, 0.6) is 0 Å². The lowest BCUT2D eigenvalue weighted by Gasteiger charge is -2.36. The first-order valence-electron chi connectivity index (χ1n) is 6.09.